The Morgan fingerprint density at radius 1 is 0.595 bits per heavy atom. The van der Waals surface area contributed by atoms with Gasteiger partial charge >= 0.3 is 11.3 Å². The lowest BCUT2D eigenvalue weighted by atomic mass is 9.83. The van der Waals surface area contributed by atoms with Crippen molar-refractivity contribution in [2.75, 3.05) is 0 Å². The van der Waals surface area contributed by atoms with Gasteiger partial charge in [0.05, 0.1) is 27.8 Å². The molecule has 0 radical (unpaired) electrons. The number of hydrogen-bond donors (Lipinski definition) is 2. The molecule has 0 atom stereocenters. The van der Waals surface area contributed by atoms with E-state index >= 15 is 0 Å². The number of benzene rings is 4. The van der Waals surface area contributed by atoms with Gasteiger partial charge in [-0.05, 0) is 35.0 Å². The number of rotatable bonds is 4. The normalized spacial score (nSPS) is 11.5. The minimum atomic E-state index is -1.72. The Bertz CT molecular complexity index is 1880. The first kappa shape index (κ1) is 22.3. The van der Waals surface area contributed by atoms with E-state index in [1.165, 1.54) is 24.3 Å². The van der Waals surface area contributed by atoms with Gasteiger partial charge in [-0.3, -0.25) is 4.79 Å². The maximum Gasteiger partial charge on any atom is 0.344 e. The molecular formula is C30H18O7. The minimum Gasteiger partial charge on any atom is -0.507 e. The molecule has 0 saturated carbocycles. The van der Waals surface area contributed by atoms with Crippen molar-refractivity contribution in [3.8, 4) is 11.5 Å². The molecule has 6 aromatic rings. The third-order valence-electron chi connectivity index (χ3n) is 6.53. The Balaban J connectivity index is 1.73. The highest BCUT2D eigenvalue weighted by Gasteiger charge is 2.37. The van der Waals surface area contributed by atoms with E-state index in [1.807, 2.05) is 18.2 Å². The number of carbonyl (C=O) groups is 1. The zero-order valence-corrected chi connectivity index (χ0v) is 19.2. The van der Waals surface area contributed by atoms with Crippen LogP contribution >= 0.6 is 0 Å². The largest absolute Gasteiger partial charge is 0.507 e. The molecule has 6 rings (SSSR count). The second kappa shape index (κ2) is 8.49. The molecule has 0 bridgehead atoms. The van der Waals surface area contributed by atoms with E-state index in [1.54, 1.807) is 48.5 Å². The first-order valence-electron chi connectivity index (χ1n) is 11.5. The summed E-state index contributed by atoms with van der Waals surface area (Å²) in [7, 11) is 0. The van der Waals surface area contributed by atoms with Gasteiger partial charge in [-0.25, -0.2) is 9.59 Å². The Kier molecular flexibility index (Phi) is 5.12. The summed E-state index contributed by atoms with van der Waals surface area (Å²) < 4.78 is 10.9. The van der Waals surface area contributed by atoms with E-state index < -0.39 is 45.6 Å². The number of ketones is 1. The van der Waals surface area contributed by atoms with Crippen molar-refractivity contribution in [3.63, 3.8) is 0 Å². The summed E-state index contributed by atoms with van der Waals surface area (Å²) in [5.41, 5.74) is -2.53. The second-order valence-electron chi connectivity index (χ2n) is 8.62. The molecule has 180 valence electrons. The molecule has 4 aromatic carbocycles. The number of aromatic hydroxyl groups is 2. The lowest BCUT2D eigenvalue weighted by Gasteiger charge is -2.19. The second-order valence-corrected chi connectivity index (χ2v) is 8.62. The molecule has 2 aromatic heterocycles. The van der Waals surface area contributed by atoms with Crippen LogP contribution in [-0.4, -0.2) is 16.0 Å². The Morgan fingerprint density at radius 2 is 1.05 bits per heavy atom. The van der Waals surface area contributed by atoms with Crippen LogP contribution in [0.25, 0.3) is 32.7 Å². The number of hydrogen-bond acceptors (Lipinski definition) is 7. The molecule has 0 spiro atoms. The summed E-state index contributed by atoms with van der Waals surface area (Å²) in [6, 6.07) is 24.8. The van der Waals surface area contributed by atoms with E-state index in [4.69, 9.17) is 8.83 Å². The quantitative estimate of drug-likeness (QED) is 0.248. The molecule has 0 unspecified atom stereocenters. The highest BCUT2D eigenvalue weighted by molar-refractivity contribution is 6.13. The molecule has 0 aliphatic rings. The number of para-hydroxylation sites is 2. The smallest absolute Gasteiger partial charge is 0.344 e. The monoisotopic (exact) mass is 490 g/mol. The van der Waals surface area contributed by atoms with Crippen molar-refractivity contribution in [3.05, 3.63) is 129 Å². The molecular weight excluding hydrogens is 472 g/mol. The Labute approximate surface area is 208 Å². The predicted octanol–water partition coefficient (Wildman–Crippen LogP) is 5.48. The van der Waals surface area contributed by atoms with Gasteiger partial charge in [-0.1, -0.05) is 66.7 Å². The maximum absolute atomic E-state index is 14.3. The van der Waals surface area contributed by atoms with Gasteiger partial charge < -0.3 is 19.0 Å². The van der Waals surface area contributed by atoms with Crippen LogP contribution in [0.15, 0.2) is 109 Å². The van der Waals surface area contributed by atoms with Gasteiger partial charge in [0.2, 0.25) is 0 Å². The molecule has 7 nitrogen and oxygen atoms in total. The van der Waals surface area contributed by atoms with E-state index in [9.17, 15) is 24.6 Å². The average Bonchev–Trinajstić information content (AvgIpc) is 2.91. The average molecular weight is 490 g/mol. The molecule has 0 amide bonds. The van der Waals surface area contributed by atoms with Crippen molar-refractivity contribution >= 4 is 38.5 Å². The lowest BCUT2D eigenvalue weighted by Crippen LogP contribution is -2.26. The number of fused-ring (bicyclic) bond motifs is 3. The summed E-state index contributed by atoms with van der Waals surface area (Å²) in [4.78, 5) is 40.8. The number of carbonyl (C=O) groups excluding carboxylic acids is 1. The van der Waals surface area contributed by atoms with Crippen molar-refractivity contribution in [2.24, 2.45) is 0 Å². The molecule has 2 heterocycles. The van der Waals surface area contributed by atoms with Gasteiger partial charge in [0.15, 0.2) is 5.78 Å². The summed E-state index contributed by atoms with van der Waals surface area (Å²) in [6.45, 7) is 0. The first-order chi connectivity index (χ1) is 18.0. The Morgan fingerprint density at radius 3 is 1.62 bits per heavy atom. The van der Waals surface area contributed by atoms with E-state index in [-0.39, 0.29) is 27.5 Å². The van der Waals surface area contributed by atoms with Gasteiger partial charge in [0.1, 0.15) is 22.7 Å². The van der Waals surface area contributed by atoms with Crippen molar-refractivity contribution < 1.29 is 23.8 Å². The van der Waals surface area contributed by atoms with Crippen LogP contribution in [0.2, 0.25) is 0 Å². The summed E-state index contributed by atoms with van der Waals surface area (Å²) in [6.07, 6.45) is 0. The summed E-state index contributed by atoms with van der Waals surface area (Å²) >= 11 is 0. The van der Waals surface area contributed by atoms with Crippen LogP contribution in [-0.2, 0) is 0 Å². The fourth-order valence-corrected chi connectivity index (χ4v) is 4.81. The van der Waals surface area contributed by atoms with Crippen LogP contribution in [0, 0.1) is 0 Å². The Hall–Kier alpha value is -5.17. The minimum absolute atomic E-state index is 0.111. The highest BCUT2D eigenvalue weighted by atomic mass is 16.4. The molecule has 0 fully saturated rings. The van der Waals surface area contributed by atoms with E-state index in [2.05, 4.69) is 0 Å². The fraction of sp³-hybridized carbons (Fsp3) is 0.0333. The van der Waals surface area contributed by atoms with E-state index in [0.717, 1.165) is 5.39 Å². The maximum atomic E-state index is 14.3. The van der Waals surface area contributed by atoms with Gasteiger partial charge in [0, 0.05) is 5.56 Å². The molecule has 7 heteroatoms. The lowest BCUT2D eigenvalue weighted by molar-refractivity contribution is 0.0970. The van der Waals surface area contributed by atoms with Gasteiger partial charge in [-0.2, -0.15) is 0 Å². The molecule has 0 saturated heterocycles. The topological polar surface area (TPSA) is 118 Å². The van der Waals surface area contributed by atoms with Crippen LogP contribution in [0.4, 0.5) is 0 Å². The SMILES string of the molecule is O=C(c1cccc2ccccc12)C(c1c(O)c2ccccc2oc1=O)c1c(O)c2ccccc2oc1=O. The first-order valence-corrected chi connectivity index (χ1v) is 11.5. The third-order valence-corrected chi connectivity index (χ3v) is 6.53. The van der Waals surface area contributed by atoms with Crippen LogP contribution in [0.3, 0.4) is 0 Å². The molecule has 0 aliphatic carbocycles. The molecule has 2 N–H and O–H groups in total. The fourth-order valence-electron chi connectivity index (χ4n) is 4.81. The highest BCUT2D eigenvalue weighted by Crippen LogP contribution is 2.40. The van der Waals surface area contributed by atoms with Crippen LogP contribution in [0.5, 0.6) is 11.5 Å². The molecule has 0 aliphatic heterocycles. The van der Waals surface area contributed by atoms with Crippen molar-refractivity contribution in [2.45, 2.75) is 5.92 Å². The standard InChI is InChI=1S/C30H18O7/c31-26(18-13-7-9-16-8-1-2-10-17(16)18)23(24-27(32)19-11-3-5-14-21(19)36-29(24)34)25-28(33)20-12-4-6-15-22(20)37-30(25)35/h1-15,23,32-33H. The van der Waals surface area contributed by atoms with Gasteiger partial charge in [-0.15, -0.1) is 0 Å². The number of Topliss-reactive ketones (excluding diaryl/α,β-unsaturated/α-hetero) is 1. The van der Waals surface area contributed by atoms with E-state index in [0.29, 0.717) is 5.39 Å². The van der Waals surface area contributed by atoms with Gasteiger partial charge in [0.25, 0.3) is 0 Å². The summed E-state index contributed by atoms with van der Waals surface area (Å²) in [5.74, 6) is -3.44. The van der Waals surface area contributed by atoms with Crippen LogP contribution < -0.4 is 11.3 Å². The third kappa shape index (κ3) is 3.48. The van der Waals surface area contributed by atoms with Crippen molar-refractivity contribution in [1.29, 1.82) is 0 Å². The molecule has 37 heavy (non-hydrogen) atoms. The zero-order valence-electron chi connectivity index (χ0n) is 19.2. The summed E-state index contributed by atoms with van der Waals surface area (Å²) in [5, 5.41) is 24.2. The zero-order chi connectivity index (χ0) is 25.7. The van der Waals surface area contributed by atoms with Crippen molar-refractivity contribution in [1.82, 2.24) is 0 Å². The predicted molar refractivity (Wildman–Crippen MR) is 138 cm³/mol. The van der Waals surface area contributed by atoms with Crippen LogP contribution in [0.1, 0.15) is 27.4 Å².